The Hall–Kier alpha value is -2.08. The molecule has 0 spiro atoms. The molecule has 2 rings (SSSR count). The third kappa shape index (κ3) is 5.37. The zero-order chi connectivity index (χ0) is 15.9. The van der Waals surface area contributed by atoms with Crippen LogP contribution < -0.4 is 15.4 Å². The smallest absolute Gasteiger partial charge is 0.238 e. The van der Waals surface area contributed by atoms with Crippen LogP contribution in [-0.2, 0) is 9.59 Å². The molecule has 1 fully saturated rings. The molecule has 1 saturated carbocycles. The maximum absolute atomic E-state index is 12.1. The number of anilines is 1. The molecule has 0 aromatic heterocycles. The summed E-state index contributed by atoms with van der Waals surface area (Å²) in [6, 6.07) is 7.53. The SMILES string of the molecule is CCN(CC(=O)Nc1cccc(OC)c1)CC(=O)NC1CC1. The lowest BCUT2D eigenvalue weighted by molar-refractivity contribution is -0.123. The van der Waals surface area contributed by atoms with Crippen LogP contribution in [0.2, 0.25) is 0 Å². The normalized spacial score (nSPS) is 13.8. The highest BCUT2D eigenvalue weighted by atomic mass is 16.5. The molecule has 0 unspecified atom stereocenters. The van der Waals surface area contributed by atoms with Crippen LogP contribution >= 0.6 is 0 Å². The topological polar surface area (TPSA) is 70.7 Å². The summed E-state index contributed by atoms with van der Waals surface area (Å²) in [5, 5.41) is 5.74. The van der Waals surface area contributed by atoms with Crippen LogP contribution in [0.1, 0.15) is 19.8 Å². The lowest BCUT2D eigenvalue weighted by atomic mass is 10.3. The van der Waals surface area contributed by atoms with E-state index in [9.17, 15) is 9.59 Å². The second kappa shape index (κ2) is 7.79. The third-order valence-corrected chi connectivity index (χ3v) is 3.48. The summed E-state index contributed by atoms with van der Waals surface area (Å²) in [6.45, 7) is 3.01. The highest BCUT2D eigenvalue weighted by molar-refractivity contribution is 5.92. The Balaban J connectivity index is 1.81. The third-order valence-electron chi connectivity index (χ3n) is 3.48. The Bertz CT molecular complexity index is 529. The van der Waals surface area contributed by atoms with Crippen molar-refractivity contribution in [2.45, 2.75) is 25.8 Å². The van der Waals surface area contributed by atoms with Crippen LogP contribution in [0, 0.1) is 0 Å². The standard InChI is InChI=1S/C16H23N3O3/c1-3-19(10-15(20)17-12-7-8-12)11-16(21)18-13-5-4-6-14(9-13)22-2/h4-6,9,12H,3,7-8,10-11H2,1-2H3,(H,17,20)(H,18,21). The van der Waals surface area contributed by atoms with Gasteiger partial charge in [0.25, 0.3) is 0 Å². The van der Waals surface area contributed by atoms with Crippen LogP contribution in [0.3, 0.4) is 0 Å². The van der Waals surface area contributed by atoms with Crippen molar-refractivity contribution in [1.82, 2.24) is 10.2 Å². The van der Waals surface area contributed by atoms with Crippen molar-refractivity contribution in [1.29, 1.82) is 0 Å². The number of nitrogens with one attached hydrogen (secondary N) is 2. The van der Waals surface area contributed by atoms with E-state index in [1.165, 1.54) is 0 Å². The van der Waals surface area contributed by atoms with E-state index in [1.807, 2.05) is 24.0 Å². The number of hydrogen-bond donors (Lipinski definition) is 2. The fraction of sp³-hybridized carbons (Fsp3) is 0.500. The molecule has 0 atom stereocenters. The predicted octanol–water partition coefficient (Wildman–Crippen LogP) is 1.23. The number of methoxy groups -OCH3 is 1. The molecule has 6 nitrogen and oxygen atoms in total. The Labute approximate surface area is 130 Å². The van der Waals surface area contributed by atoms with Gasteiger partial charge in [0.05, 0.1) is 20.2 Å². The van der Waals surface area contributed by atoms with Crippen LogP contribution in [0.25, 0.3) is 0 Å². The van der Waals surface area contributed by atoms with Gasteiger partial charge in [-0.15, -0.1) is 0 Å². The van der Waals surface area contributed by atoms with Crippen molar-refractivity contribution >= 4 is 17.5 Å². The van der Waals surface area contributed by atoms with Gasteiger partial charge in [-0.1, -0.05) is 13.0 Å². The van der Waals surface area contributed by atoms with Crippen LogP contribution in [0.4, 0.5) is 5.69 Å². The molecule has 6 heteroatoms. The van der Waals surface area contributed by atoms with Gasteiger partial charge in [-0.25, -0.2) is 0 Å². The van der Waals surface area contributed by atoms with Crippen LogP contribution in [0.15, 0.2) is 24.3 Å². The van der Waals surface area contributed by atoms with Crippen molar-refractivity contribution in [3.05, 3.63) is 24.3 Å². The molecule has 1 aliphatic carbocycles. The van der Waals surface area contributed by atoms with Gasteiger partial charge in [-0.3, -0.25) is 14.5 Å². The number of hydrogen-bond acceptors (Lipinski definition) is 4. The Morgan fingerprint density at radius 3 is 2.64 bits per heavy atom. The predicted molar refractivity (Wildman–Crippen MR) is 84.9 cm³/mol. The van der Waals surface area contributed by atoms with Gasteiger partial charge in [-0.2, -0.15) is 0 Å². The molecule has 120 valence electrons. The molecule has 1 aromatic carbocycles. The van der Waals surface area contributed by atoms with E-state index in [2.05, 4.69) is 10.6 Å². The van der Waals surface area contributed by atoms with Gasteiger partial charge in [0.15, 0.2) is 0 Å². The maximum atomic E-state index is 12.1. The number of rotatable bonds is 8. The highest BCUT2D eigenvalue weighted by Crippen LogP contribution is 2.18. The molecular weight excluding hydrogens is 282 g/mol. The first kappa shape index (κ1) is 16.3. The highest BCUT2D eigenvalue weighted by Gasteiger charge is 2.24. The second-order valence-corrected chi connectivity index (χ2v) is 5.43. The Morgan fingerprint density at radius 1 is 1.27 bits per heavy atom. The minimum atomic E-state index is -0.144. The molecule has 0 saturated heterocycles. The summed E-state index contributed by atoms with van der Waals surface area (Å²) >= 11 is 0. The zero-order valence-corrected chi connectivity index (χ0v) is 13.1. The van der Waals surface area contributed by atoms with Crippen molar-refractivity contribution < 1.29 is 14.3 Å². The van der Waals surface area contributed by atoms with E-state index in [1.54, 1.807) is 19.2 Å². The summed E-state index contributed by atoms with van der Waals surface area (Å²) in [7, 11) is 1.58. The quantitative estimate of drug-likeness (QED) is 0.758. The second-order valence-electron chi connectivity index (χ2n) is 5.43. The summed E-state index contributed by atoms with van der Waals surface area (Å²) < 4.78 is 5.12. The number of carbonyl (C=O) groups excluding carboxylic acids is 2. The number of carbonyl (C=O) groups is 2. The van der Waals surface area contributed by atoms with Gasteiger partial charge >= 0.3 is 0 Å². The van der Waals surface area contributed by atoms with Gasteiger partial charge in [0.1, 0.15) is 5.75 Å². The fourth-order valence-electron chi connectivity index (χ4n) is 2.09. The van der Waals surface area contributed by atoms with E-state index in [-0.39, 0.29) is 24.9 Å². The largest absolute Gasteiger partial charge is 0.497 e. The molecule has 2 amide bonds. The van der Waals surface area contributed by atoms with E-state index in [0.29, 0.717) is 24.0 Å². The van der Waals surface area contributed by atoms with E-state index in [4.69, 9.17) is 4.74 Å². The summed E-state index contributed by atoms with van der Waals surface area (Å²) in [5.74, 6) is 0.529. The van der Waals surface area contributed by atoms with Gasteiger partial charge in [0.2, 0.25) is 11.8 Å². The molecule has 0 radical (unpaired) electrons. The first-order valence-corrected chi connectivity index (χ1v) is 7.56. The maximum Gasteiger partial charge on any atom is 0.238 e. The molecule has 0 bridgehead atoms. The lowest BCUT2D eigenvalue weighted by Crippen LogP contribution is -2.41. The van der Waals surface area contributed by atoms with Crippen molar-refractivity contribution in [2.75, 3.05) is 32.1 Å². The molecule has 0 aliphatic heterocycles. The molecule has 1 aromatic rings. The fourth-order valence-corrected chi connectivity index (χ4v) is 2.09. The Kier molecular flexibility index (Phi) is 5.77. The average molecular weight is 305 g/mol. The number of benzene rings is 1. The first-order chi connectivity index (χ1) is 10.6. The molecule has 1 aliphatic rings. The van der Waals surface area contributed by atoms with Crippen molar-refractivity contribution in [3.63, 3.8) is 0 Å². The number of likely N-dealkylation sites (N-methyl/N-ethyl adjacent to an activating group) is 1. The van der Waals surface area contributed by atoms with Crippen molar-refractivity contribution in [2.24, 2.45) is 0 Å². The molecular formula is C16H23N3O3. The Morgan fingerprint density at radius 2 is 2.00 bits per heavy atom. The van der Waals surface area contributed by atoms with Gasteiger partial charge in [-0.05, 0) is 31.5 Å². The minimum absolute atomic E-state index is 0.0152. The lowest BCUT2D eigenvalue weighted by Gasteiger charge is -2.19. The van der Waals surface area contributed by atoms with Crippen molar-refractivity contribution in [3.8, 4) is 5.75 Å². The number of ether oxygens (including phenoxy) is 1. The van der Waals surface area contributed by atoms with E-state index < -0.39 is 0 Å². The molecule has 2 N–H and O–H groups in total. The van der Waals surface area contributed by atoms with E-state index in [0.717, 1.165) is 12.8 Å². The first-order valence-electron chi connectivity index (χ1n) is 7.56. The van der Waals surface area contributed by atoms with Gasteiger partial charge in [0, 0.05) is 17.8 Å². The molecule has 22 heavy (non-hydrogen) atoms. The number of nitrogens with zero attached hydrogens (tertiary/aromatic N) is 1. The van der Waals surface area contributed by atoms with Gasteiger partial charge < -0.3 is 15.4 Å². The van der Waals surface area contributed by atoms with E-state index >= 15 is 0 Å². The summed E-state index contributed by atoms with van der Waals surface area (Å²) in [4.78, 5) is 25.7. The zero-order valence-electron chi connectivity index (χ0n) is 13.1. The van der Waals surface area contributed by atoms with Crippen LogP contribution in [-0.4, -0.2) is 49.5 Å². The average Bonchev–Trinajstić information content (AvgIpc) is 3.30. The monoisotopic (exact) mass is 305 g/mol. The minimum Gasteiger partial charge on any atom is -0.497 e. The number of amides is 2. The molecule has 0 heterocycles. The van der Waals surface area contributed by atoms with Crippen LogP contribution in [0.5, 0.6) is 5.75 Å². The summed E-state index contributed by atoms with van der Waals surface area (Å²) in [6.07, 6.45) is 2.13. The summed E-state index contributed by atoms with van der Waals surface area (Å²) in [5.41, 5.74) is 0.683.